The maximum Gasteiger partial charge on any atom is 0.547 e. The van der Waals surface area contributed by atoms with Crippen molar-refractivity contribution in [3.8, 4) is 0 Å². The molecule has 0 rings (SSSR count). The van der Waals surface area contributed by atoms with Crippen LogP contribution in [0.4, 0.5) is 9.59 Å². The van der Waals surface area contributed by atoms with Gasteiger partial charge in [0.05, 0.1) is 0 Å². The number of carboxylic acid groups (broad SMARTS) is 4. The van der Waals surface area contributed by atoms with Crippen LogP contribution in [-0.2, 0) is 29.1 Å². The van der Waals surface area contributed by atoms with E-state index in [2.05, 4.69) is 23.6 Å². The highest BCUT2D eigenvalue weighted by molar-refractivity contribution is 5.73. The molecule has 2 atom stereocenters. The average Bonchev–Trinajstić information content (AvgIpc) is 2.67. The summed E-state index contributed by atoms with van der Waals surface area (Å²) in [5.41, 5.74) is 0. The fraction of sp³-hybridized carbons (Fsp3) is 0.778. The molecule has 12 heteroatoms. The van der Waals surface area contributed by atoms with Crippen molar-refractivity contribution >= 4 is 24.2 Å². The second-order valence-corrected chi connectivity index (χ2v) is 6.24. The number of rotatable bonds is 15. The highest BCUT2D eigenvalue weighted by Crippen LogP contribution is 2.13. The Labute approximate surface area is 174 Å². The summed E-state index contributed by atoms with van der Waals surface area (Å²) >= 11 is 0. The molecule has 4 N–H and O–H groups in total. The third-order valence-electron chi connectivity index (χ3n) is 3.66. The molecule has 0 aromatic heterocycles. The summed E-state index contributed by atoms with van der Waals surface area (Å²) < 4.78 is 0. The smallest absolute Gasteiger partial charge is 0.479 e. The molecule has 0 amide bonds. The molecule has 0 aromatic rings. The van der Waals surface area contributed by atoms with Crippen LogP contribution in [0, 0.1) is 0 Å². The minimum Gasteiger partial charge on any atom is -0.479 e. The third kappa shape index (κ3) is 20.1. The van der Waals surface area contributed by atoms with Gasteiger partial charge in [0, 0.05) is 0 Å². The molecule has 0 aliphatic rings. The molecule has 0 heterocycles. The Bertz CT molecular complexity index is 450. The molecule has 0 bridgehead atoms. The Morgan fingerprint density at radius 2 is 0.933 bits per heavy atom. The number of carboxylic acids is 2. The van der Waals surface area contributed by atoms with Gasteiger partial charge in [0.25, 0.3) is 0 Å². The minimum atomic E-state index is -1.80. The van der Waals surface area contributed by atoms with Gasteiger partial charge in [-0.2, -0.15) is 0 Å². The number of aliphatic carboxylic acids is 2. The molecule has 0 saturated carbocycles. The predicted octanol–water partition coefficient (Wildman–Crippen LogP) is 4.07. The second kappa shape index (κ2) is 19.7. The molecule has 0 aliphatic heterocycles. The van der Waals surface area contributed by atoms with E-state index in [1.54, 1.807) is 0 Å². The van der Waals surface area contributed by atoms with Crippen LogP contribution in [0.25, 0.3) is 0 Å². The third-order valence-corrected chi connectivity index (χ3v) is 3.66. The van der Waals surface area contributed by atoms with Gasteiger partial charge in [-0.25, -0.2) is 38.7 Å². The molecule has 0 aliphatic carbocycles. The normalized spacial score (nSPS) is 12.1. The fourth-order valence-electron chi connectivity index (χ4n) is 2.14. The maximum absolute atomic E-state index is 11.1. The number of hydrogen-bond donors (Lipinski definition) is 4. The van der Waals surface area contributed by atoms with Gasteiger partial charge in [-0.15, -0.1) is 0 Å². The lowest BCUT2D eigenvalue weighted by Gasteiger charge is -2.16. The minimum absolute atomic E-state index is 0.331. The van der Waals surface area contributed by atoms with Crippen LogP contribution in [0.15, 0.2) is 0 Å². The standard InChI is InChI=1S/C16H30O6.C2H2O6/c1-3-5-7-9-11-13(15(17)18)21-22-14(16(19)20)12-10-8-6-4-2;3-1(4)7-8-2(5)6/h13-14H,3-12H2,1-2H3,(H,17,18)(H,19,20);(H,3,4)(H,5,6). The summed E-state index contributed by atoms with van der Waals surface area (Å²) in [5.74, 6) is -2.24. The van der Waals surface area contributed by atoms with Crippen LogP contribution in [-0.4, -0.2) is 56.9 Å². The highest BCUT2D eigenvalue weighted by atomic mass is 17.2. The van der Waals surface area contributed by atoms with Crippen molar-refractivity contribution < 1.29 is 59.2 Å². The van der Waals surface area contributed by atoms with Crippen molar-refractivity contribution in [2.45, 2.75) is 90.3 Å². The van der Waals surface area contributed by atoms with E-state index in [1.807, 2.05) is 0 Å². The lowest BCUT2D eigenvalue weighted by molar-refractivity contribution is -0.343. The van der Waals surface area contributed by atoms with E-state index in [9.17, 15) is 19.2 Å². The van der Waals surface area contributed by atoms with Crippen molar-refractivity contribution in [3.05, 3.63) is 0 Å². The first-order valence-electron chi connectivity index (χ1n) is 9.73. The van der Waals surface area contributed by atoms with Gasteiger partial charge in [0.2, 0.25) is 0 Å². The van der Waals surface area contributed by atoms with Crippen LogP contribution < -0.4 is 0 Å². The molecule has 0 fully saturated rings. The van der Waals surface area contributed by atoms with Gasteiger partial charge >= 0.3 is 24.2 Å². The summed E-state index contributed by atoms with van der Waals surface area (Å²) in [6, 6.07) is 0. The first-order valence-corrected chi connectivity index (χ1v) is 9.73. The Kier molecular flexibility index (Phi) is 19.4. The van der Waals surface area contributed by atoms with Crippen molar-refractivity contribution in [1.82, 2.24) is 0 Å². The summed E-state index contributed by atoms with van der Waals surface area (Å²) in [6.07, 6.45) is 2.39. The zero-order chi connectivity index (χ0) is 23.4. The van der Waals surface area contributed by atoms with E-state index in [4.69, 9.17) is 30.2 Å². The number of unbranched alkanes of at least 4 members (excludes halogenated alkanes) is 6. The first-order chi connectivity index (χ1) is 14.1. The molecule has 30 heavy (non-hydrogen) atoms. The van der Waals surface area contributed by atoms with E-state index in [0.717, 1.165) is 51.4 Å². The average molecular weight is 440 g/mol. The molecule has 176 valence electrons. The van der Waals surface area contributed by atoms with E-state index in [0.29, 0.717) is 12.8 Å². The topological polar surface area (TPSA) is 186 Å². The maximum atomic E-state index is 11.1. The predicted molar refractivity (Wildman–Crippen MR) is 101 cm³/mol. The molecule has 0 radical (unpaired) electrons. The van der Waals surface area contributed by atoms with E-state index < -0.39 is 36.5 Å². The Balaban J connectivity index is 0. The molecule has 0 aromatic carbocycles. The highest BCUT2D eigenvalue weighted by Gasteiger charge is 2.24. The van der Waals surface area contributed by atoms with Crippen molar-refractivity contribution in [3.63, 3.8) is 0 Å². The van der Waals surface area contributed by atoms with Crippen molar-refractivity contribution in [2.24, 2.45) is 0 Å². The Hall–Kier alpha value is -2.60. The first kappa shape index (κ1) is 29.6. The fourth-order valence-corrected chi connectivity index (χ4v) is 2.14. The van der Waals surface area contributed by atoms with Crippen LogP contribution in [0.1, 0.15) is 78.1 Å². The summed E-state index contributed by atoms with van der Waals surface area (Å²) in [4.78, 5) is 56.8. The van der Waals surface area contributed by atoms with E-state index in [-0.39, 0.29) is 0 Å². The van der Waals surface area contributed by atoms with Crippen LogP contribution in [0.2, 0.25) is 0 Å². The van der Waals surface area contributed by atoms with Gasteiger partial charge in [-0.1, -0.05) is 65.2 Å². The monoisotopic (exact) mass is 440 g/mol. The largest absolute Gasteiger partial charge is 0.547 e. The Morgan fingerprint density at radius 3 is 1.17 bits per heavy atom. The number of carbonyl (C=O) groups is 4. The van der Waals surface area contributed by atoms with Gasteiger partial charge < -0.3 is 20.4 Å². The zero-order valence-corrected chi connectivity index (χ0v) is 17.3. The van der Waals surface area contributed by atoms with Gasteiger partial charge in [-0.05, 0) is 12.8 Å². The van der Waals surface area contributed by atoms with E-state index >= 15 is 0 Å². The summed E-state index contributed by atoms with van der Waals surface area (Å²) in [6.45, 7) is 4.15. The lowest BCUT2D eigenvalue weighted by Crippen LogP contribution is -2.30. The SMILES string of the molecule is CCCCCCC(OOC(CCCCCC)C(=O)O)C(=O)O.O=C(O)OOC(=O)O. The lowest BCUT2D eigenvalue weighted by atomic mass is 10.1. The van der Waals surface area contributed by atoms with Gasteiger partial charge in [0.1, 0.15) is 0 Å². The van der Waals surface area contributed by atoms with Crippen molar-refractivity contribution in [1.29, 1.82) is 0 Å². The summed E-state index contributed by atoms with van der Waals surface area (Å²) in [7, 11) is 0. The van der Waals surface area contributed by atoms with Crippen LogP contribution >= 0.6 is 0 Å². The quantitative estimate of drug-likeness (QED) is 0.163. The molecule has 0 spiro atoms. The molecule has 0 saturated heterocycles. The molecule has 12 nitrogen and oxygen atoms in total. The Morgan fingerprint density at radius 1 is 0.600 bits per heavy atom. The van der Waals surface area contributed by atoms with Crippen LogP contribution in [0.5, 0.6) is 0 Å². The molecular weight excluding hydrogens is 408 g/mol. The zero-order valence-electron chi connectivity index (χ0n) is 17.3. The summed E-state index contributed by atoms with van der Waals surface area (Å²) in [5, 5.41) is 33.3. The number of hydrogen-bond acceptors (Lipinski definition) is 8. The van der Waals surface area contributed by atoms with Crippen molar-refractivity contribution in [2.75, 3.05) is 0 Å². The molecular formula is C18H32O12. The van der Waals surface area contributed by atoms with E-state index in [1.165, 1.54) is 0 Å². The second-order valence-electron chi connectivity index (χ2n) is 6.24. The van der Waals surface area contributed by atoms with Crippen LogP contribution in [0.3, 0.4) is 0 Å². The van der Waals surface area contributed by atoms with Gasteiger partial charge in [-0.3, -0.25) is 0 Å². The molecule has 2 unspecified atom stereocenters. The van der Waals surface area contributed by atoms with Gasteiger partial charge in [0.15, 0.2) is 12.2 Å².